The summed E-state index contributed by atoms with van der Waals surface area (Å²) in [5, 5.41) is 2.92. The van der Waals surface area contributed by atoms with Crippen LogP contribution in [0.15, 0.2) is 18.7 Å². The molecule has 1 heterocycles. The van der Waals surface area contributed by atoms with Crippen LogP contribution in [0, 0.1) is 5.41 Å². The molecule has 5 heteroatoms. The van der Waals surface area contributed by atoms with Crippen molar-refractivity contribution >= 4 is 5.97 Å². The van der Waals surface area contributed by atoms with E-state index < -0.39 is 0 Å². The minimum atomic E-state index is -0.229. The Morgan fingerprint density at radius 3 is 2.06 bits per heavy atom. The minimum Gasteiger partial charge on any atom is -0.468 e. The number of carbonyl (C=O) groups is 1. The van der Waals surface area contributed by atoms with Crippen molar-refractivity contribution in [1.82, 2.24) is 15.3 Å². The molecule has 5 nitrogen and oxygen atoms in total. The molecule has 2 N–H and O–H groups in total. The minimum absolute atomic E-state index is 0.0954. The SMILES string of the molecule is CC.CNC(C(=O)OC)C(C)(C)C.c1c[nH]cn1. The van der Waals surface area contributed by atoms with E-state index in [-0.39, 0.29) is 17.4 Å². The van der Waals surface area contributed by atoms with Crippen LogP contribution in [0.3, 0.4) is 0 Å². The van der Waals surface area contributed by atoms with Crippen molar-refractivity contribution in [1.29, 1.82) is 0 Å². The lowest BCUT2D eigenvalue weighted by Crippen LogP contribution is -2.45. The van der Waals surface area contributed by atoms with Gasteiger partial charge in [-0.1, -0.05) is 34.6 Å². The highest BCUT2D eigenvalue weighted by molar-refractivity contribution is 5.76. The molecule has 18 heavy (non-hydrogen) atoms. The molecule has 0 saturated carbocycles. The lowest BCUT2D eigenvalue weighted by Gasteiger charge is -2.27. The molecule has 1 aromatic heterocycles. The summed E-state index contributed by atoms with van der Waals surface area (Å²) < 4.78 is 4.63. The maximum Gasteiger partial charge on any atom is 0.323 e. The van der Waals surface area contributed by atoms with Gasteiger partial charge in [0, 0.05) is 12.4 Å². The van der Waals surface area contributed by atoms with Gasteiger partial charge in [-0.25, -0.2) is 4.98 Å². The fourth-order valence-electron chi connectivity index (χ4n) is 1.24. The van der Waals surface area contributed by atoms with E-state index in [0.717, 1.165) is 0 Å². The molecular weight excluding hydrogens is 230 g/mol. The van der Waals surface area contributed by atoms with Gasteiger partial charge in [-0.15, -0.1) is 0 Å². The smallest absolute Gasteiger partial charge is 0.323 e. The largest absolute Gasteiger partial charge is 0.468 e. The maximum absolute atomic E-state index is 11.1. The second kappa shape index (κ2) is 10.8. The zero-order valence-electron chi connectivity index (χ0n) is 12.6. The van der Waals surface area contributed by atoms with Crippen LogP contribution in [0.1, 0.15) is 34.6 Å². The number of imidazole rings is 1. The van der Waals surface area contributed by atoms with Gasteiger partial charge in [0.05, 0.1) is 13.4 Å². The molecule has 0 spiro atoms. The molecule has 0 radical (unpaired) electrons. The van der Waals surface area contributed by atoms with Crippen molar-refractivity contribution in [2.75, 3.05) is 14.2 Å². The first kappa shape index (κ1) is 19.0. The summed E-state index contributed by atoms with van der Waals surface area (Å²) in [5.74, 6) is -0.208. The lowest BCUT2D eigenvalue weighted by molar-refractivity contribution is -0.145. The van der Waals surface area contributed by atoms with E-state index in [2.05, 4.69) is 20.0 Å². The van der Waals surface area contributed by atoms with Gasteiger partial charge in [0.15, 0.2) is 0 Å². The zero-order chi connectivity index (χ0) is 14.6. The van der Waals surface area contributed by atoms with Crippen LogP contribution < -0.4 is 5.32 Å². The first-order chi connectivity index (χ1) is 8.43. The Morgan fingerprint density at radius 1 is 1.39 bits per heavy atom. The molecule has 0 aliphatic rings. The Balaban J connectivity index is 0. The Morgan fingerprint density at radius 2 is 1.94 bits per heavy atom. The summed E-state index contributed by atoms with van der Waals surface area (Å²) in [6.07, 6.45) is 5.08. The fraction of sp³-hybridized carbons (Fsp3) is 0.692. The first-order valence-electron chi connectivity index (χ1n) is 6.11. The lowest BCUT2D eigenvalue weighted by atomic mass is 9.87. The van der Waals surface area contributed by atoms with Gasteiger partial charge in [0.1, 0.15) is 6.04 Å². The van der Waals surface area contributed by atoms with Crippen LogP contribution in [0.25, 0.3) is 0 Å². The molecule has 0 amide bonds. The second-order valence-corrected chi connectivity index (χ2v) is 4.37. The molecule has 106 valence electrons. The van der Waals surface area contributed by atoms with E-state index >= 15 is 0 Å². The maximum atomic E-state index is 11.1. The molecule has 1 atom stereocenters. The number of likely N-dealkylation sites (N-methyl/N-ethyl adjacent to an activating group) is 1. The number of esters is 1. The highest BCUT2D eigenvalue weighted by atomic mass is 16.5. The quantitative estimate of drug-likeness (QED) is 0.797. The van der Waals surface area contributed by atoms with Crippen molar-refractivity contribution in [3.8, 4) is 0 Å². The molecule has 0 aromatic carbocycles. The van der Waals surface area contributed by atoms with E-state index in [1.54, 1.807) is 25.8 Å². The zero-order valence-corrected chi connectivity index (χ0v) is 12.6. The van der Waals surface area contributed by atoms with Crippen molar-refractivity contribution in [2.45, 2.75) is 40.7 Å². The average molecular weight is 257 g/mol. The van der Waals surface area contributed by atoms with Crippen LogP contribution >= 0.6 is 0 Å². The van der Waals surface area contributed by atoms with Crippen molar-refractivity contribution in [3.63, 3.8) is 0 Å². The monoisotopic (exact) mass is 257 g/mol. The highest BCUT2D eigenvalue weighted by Crippen LogP contribution is 2.19. The van der Waals surface area contributed by atoms with Gasteiger partial charge < -0.3 is 15.0 Å². The molecule has 1 rings (SSSR count). The van der Waals surface area contributed by atoms with E-state index in [1.165, 1.54) is 7.11 Å². The summed E-state index contributed by atoms with van der Waals surface area (Å²) in [6.45, 7) is 9.97. The predicted molar refractivity (Wildman–Crippen MR) is 74.3 cm³/mol. The van der Waals surface area contributed by atoms with Crippen molar-refractivity contribution in [2.24, 2.45) is 5.41 Å². The van der Waals surface area contributed by atoms with Crippen LogP contribution in [-0.4, -0.2) is 36.1 Å². The standard InChI is InChI=1S/C8H17NO2.C3H4N2.C2H6/c1-8(2,3)6(9-4)7(10)11-5;1-2-5-3-4-1;1-2/h6,9H,1-5H3;1-3H,(H,4,5);1-2H3. The summed E-state index contributed by atoms with van der Waals surface area (Å²) >= 11 is 0. The third kappa shape index (κ3) is 8.75. The van der Waals surface area contributed by atoms with Gasteiger partial charge in [0.2, 0.25) is 0 Å². The molecular formula is C13H27N3O2. The molecule has 0 saturated heterocycles. The van der Waals surface area contributed by atoms with Gasteiger partial charge in [0.25, 0.3) is 0 Å². The number of nitrogens with one attached hydrogen (secondary N) is 2. The van der Waals surface area contributed by atoms with Gasteiger partial charge >= 0.3 is 5.97 Å². The van der Waals surface area contributed by atoms with Gasteiger partial charge in [-0.2, -0.15) is 0 Å². The van der Waals surface area contributed by atoms with E-state index in [1.807, 2.05) is 34.6 Å². The average Bonchev–Trinajstić information content (AvgIpc) is 2.89. The Labute approximate surface area is 110 Å². The van der Waals surface area contributed by atoms with Gasteiger partial charge in [-0.05, 0) is 12.5 Å². The van der Waals surface area contributed by atoms with Crippen LogP contribution in [-0.2, 0) is 9.53 Å². The number of ether oxygens (including phenoxy) is 1. The number of aromatic amines is 1. The van der Waals surface area contributed by atoms with Crippen molar-refractivity contribution < 1.29 is 9.53 Å². The predicted octanol–water partition coefficient (Wildman–Crippen LogP) is 2.23. The summed E-state index contributed by atoms with van der Waals surface area (Å²) in [4.78, 5) is 17.5. The van der Waals surface area contributed by atoms with Gasteiger partial charge in [-0.3, -0.25) is 4.79 Å². The molecule has 1 aromatic rings. The molecule has 0 aliphatic heterocycles. The molecule has 1 unspecified atom stereocenters. The second-order valence-electron chi connectivity index (χ2n) is 4.37. The highest BCUT2D eigenvalue weighted by Gasteiger charge is 2.30. The first-order valence-corrected chi connectivity index (χ1v) is 6.11. The summed E-state index contributed by atoms with van der Waals surface area (Å²) in [6, 6.07) is -0.229. The van der Waals surface area contributed by atoms with E-state index in [0.29, 0.717) is 0 Å². The number of hydrogen-bond acceptors (Lipinski definition) is 4. The molecule has 0 aliphatic carbocycles. The number of carbonyl (C=O) groups excluding carboxylic acids is 1. The fourth-order valence-corrected chi connectivity index (χ4v) is 1.24. The summed E-state index contributed by atoms with van der Waals surface area (Å²) in [7, 11) is 3.16. The van der Waals surface area contributed by atoms with E-state index in [4.69, 9.17) is 0 Å². The molecule has 0 bridgehead atoms. The number of rotatable bonds is 2. The number of aromatic nitrogens is 2. The Bertz CT molecular complexity index is 262. The summed E-state index contributed by atoms with van der Waals surface area (Å²) in [5.41, 5.74) is -0.0954. The normalized spacial score (nSPS) is 11.3. The number of H-pyrrole nitrogens is 1. The topological polar surface area (TPSA) is 67.0 Å². The number of methoxy groups -OCH3 is 1. The number of hydrogen-bond donors (Lipinski definition) is 2. The third-order valence-corrected chi connectivity index (χ3v) is 2.00. The van der Waals surface area contributed by atoms with E-state index in [9.17, 15) is 4.79 Å². The van der Waals surface area contributed by atoms with Crippen LogP contribution in [0.2, 0.25) is 0 Å². The third-order valence-electron chi connectivity index (χ3n) is 2.00. The van der Waals surface area contributed by atoms with Crippen molar-refractivity contribution in [3.05, 3.63) is 18.7 Å². The van der Waals surface area contributed by atoms with Crippen LogP contribution in [0.4, 0.5) is 0 Å². The Kier molecular flexibility index (Phi) is 11.4. The Hall–Kier alpha value is -1.36. The number of nitrogens with zero attached hydrogens (tertiary/aromatic N) is 1. The molecule has 0 fully saturated rings. The van der Waals surface area contributed by atoms with Crippen LogP contribution in [0.5, 0.6) is 0 Å².